The van der Waals surface area contributed by atoms with E-state index < -0.39 is 6.04 Å². The van der Waals surface area contributed by atoms with Crippen molar-refractivity contribution in [1.82, 2.24) is 10.2 Å². The lowest BCUT2D eigenvalue weighted by atomic mass is 10.00. The van der Waals surface area contributed by atoms with Crippen molar-refractivity contribution in [2.75, 3.05) is 0 Å². The first kappa shape index (κ1) is 26.5. The Hall–Kier alpha value is -3.11. The van der Waals surface area contributed by atoms with Crippen LogP contribution in [0.2, 0.25) is 5.02 Å². The van der Waals surface area contributed by atoms with Crippen molar-refractivity contribution in [3.8, 4) is 0 Å². The lowest BCUT2D eigenvalue weighted by Crippen LogP contribution is -2.52. The molecule has 0 heterocycles. The molecule has 0 aliphatic heterocycles. The summed E-state index contributed by atoms with van der Waals surface area (Å²) in [5, 5.41) is 3.74. The van der Waals surface area contributed by atoms with E-state index >= 15 is 0 Å². The largest absolute Gasteiger partial charge is 0.352 e. The number of benzene rings is 3. The van der Waals surface area contributed by atoms with E-state index in [0.717, 1.165) is 28.7 Å². The van der Waals surface area contributed by atoms with Crippen LogP contribution < -0.4 is 5.32 Å². The quantitative estimate of drug-likeness (QED) is 0.376. The third-order valence-electron chi connectivity index (χ3n) is 6.46. The Bertz CT molecular complexity index is 1130. The lowest BCUT2D eigenvalue weighted by molar-refractivity contribution is -0.141. The molecule has 0 unspecified atom stereocenters. The highest BCUT2D eigenvalue weighted by molar-refractivity contribution is 6.30. The molecule has 0 fully saturated rings. The van der Waals surface area contributed by atoms with E-state index in [0.29, 0.717) is 18.0 Å². The molecule has 0 aliphatic rings. The predicted octanol–water partition coefficient (Wildman–Crippen LogP) is 6.05. The van der Waals surface area contributed by atoms with E-state index in [1.807, 2.05) is 87.5 Å². The molecule has 0 aromatic heterocycles. The summed E-state index contributed by atoms with van der Waals surface area (Å²) in [6.45, 7) is 8.45. The van der Waals surface area contributed by atoms with Gasteiger partial charge in [0.05, 0.1) is 6.42 Å². The van der Waals surface area contributed by atoms with Crippen molar-refractivity contribution in [3.63, 3.8) is 0 Å². The number of nitrogens with zero attached hydrogens (tertiary/aromatic N) is 1. The fourth-order valence-electron chi connectivity index (χ4n) is 3.97. The van der Waals surface area contributed by atoms with Gasteiger partial charge in [-0.15, -0.1) is 0 Å². The first-order valence-corrected chi connectivity index (χ1v) is 12.6. The van der Waals surface area contributed by atoms with Gasteiger partial charge < -0.3 is 10.2 Å². The molecule has 1 N–H and O–H groups in total. The molecule has 3 rings (SSSR count). The normalized spacial score (nSPS) is 12.6. The van der Waals surface area contributed by atoms with Crippen molar-refractivity contribution in [2.45, 2.75) is 65.6 Å². The summed E-state index contributed by atoms with van der Waals surface area (Å²) in [7, 11) is 0. The second-order valence-corrected chi connectivity index (χ2v) is 9.70. The Morgan fingerprint density at radius 3 is 2.17 bits per heavy atom. The van der Waals surface area contributed by atoms with E-state index in [9.17, 15) is 9.59 Å². The maximum Gasteiger partial charge on any atom is 0.243 e. The molecule has 2 amide bonds. The van der Waals surface area contributed by atoms with Crippen LogP contribution in [0.25, 0.3) is 0 Å². The van der Waals surface area contributed by atoms with E-state index in [2.05, 4.69) is 18.3 Å². The summed E-state index contributed by atoms with van der Waals surface area (Å²) >= 11 is 6.09. The van der Waals surface area contributed by atoms with Gasteiger partial charge in [0.1, 0.15) is 6.04 Å². The molecule has 0 aliphatic carbocycles. The Morgan fingerprint density at radius 2 is 1.54 bits per heavy atom. The fourth-order valence-corrected chi connectivity index (χ4v) is 4.10. The number of aryl methyl sites for hydroxylation is 2. The molecule has 3 aromatic carbocycles. The van der Waals surface area contributed by atoms with Crippen molar-refractivity contribution < 1.29 is 9.59 Å². The minimum absolute atomic E-state index is 0.0213. The molecule has 0 radical (unpaired) electrons. The molecule has 184 valence electrons. The molecule has 5 heteroatoms. The first-order chi connectivity index (χ1) is 16.8. The number of halogens is 1. The Morgan fingerprint density at radius 1 is 0.886 bits per heavy atom. The number of carbonyl (C=O) groups excluding carboxylic acids is 2. The highest BCUT2D eigenvalue weighted by Gasteiger charge is 2.31. The van der Waals surface area contributed by atoms with Crippen LogP contribution in [-0.4, -0.2) is 28.8 Å². The number of nitrogens with one attached hydrogen (secondary N) is 1. The molecule has 0 spiro atoms. The van der Waals surface area contributed by atoms with Gasteiger partial charge in [-0.05, 0) is 67.1 Å². The summed E-state index contributed by atoms with van der Waals surface area (Å²) in [5.41, 5.74) is 5.22. The standard InChI is InChI=1S/C30H35ClN2O2/c1-5-23(4)32-30(35)28(18-24-9-7-6-8-10-24)33(20-25-13-15-27(31)16-14-25)29(34)19-26-12-11-21(2)22(3)17-26/h6-17,23,28H,5,18-20H2,1-4H3,(H,32,35)/t23-,28+/m1/s1. The topological polar surface area (TPSA) is 49.4 Å². The predicted molar refractivity (Wildman–Crippen MR) is 143 cm³/mol. The average molecular weight is 491 g/mol. The SMILES string of the molecule is CC[C@@H](C)NC(=O)[C@H](Cc1ccccc1)N(Cc1ccc(Cl)cc1)C(=O)Cc1ccc(C)c(C)c1. The summed E-state index contributed by atoms with van der Waals surface area (Å²) in [6, 6.07) is 22.8. The Kier molecular flexibility index (Phi) is 9.50. The van der Waals surface area contributed by atoms with Gasteiger partial charge in [0, 0.05) is 24.0 Å². The molecular weight excluding hydrogens is 456 g/mol. The van der Waals surface area contributed by atoms with Crippen LogP contribution in [0.1, 0.15) is 48.1 Å². The van der Waals surface area contributed by atoms with E-state index in [4.69, 9.17) is 11.6 Å². The fraction of sp³-hybridized carbons (Fsp3) is 0.333. The highest BCUT2D eigenvalue weighted by atomic mass is 35.5. The van der Waals surface area contributed by atoms with Crippen molar-refractivity contribution in [3.05, 3.63) is 106 Å². The van der Waals surface area contributed by atoms with Crippen LogP contribution in [0.3, 0.4) is 0 Å². The van der Waals surface area contributed by atoms with E-state index in [1.165, 1.54) is 5.56 Å². The van der Waals surface area contributed by atoms with Crippen LogP contribution in [0.15, 0.2) is 72.8 Å². The third-order valence-corrected chi connectivity index (χ3v) is 6.72. The second kappa shape index (κ2) is 12.6. The summed E-state index contributed by atoms with van der Waals surface area (Å²) in [5.74, 6) is -0.214. The van der Waals surface area contributed by atoms with Crippen molar-refractivity contribution in [1.29, 1.82) is 0 Å². The van der Waals surface area contributed by atoms with Crippen LogP contribution in [-0.2, 0) is 29.0 Å². The molecule has 4 nitrogen and oxygen atoms in total. The molecular formula is C30H35ClN2O2. The van der Waals surface area contributed by atoms with E-state index in [1.54, 1.807) is 4.90 Å². The number of hydrogen-bond acceptors (Lipinski definition) is 2. The van der Waals surface area contributed by atoms with Gasteiger partial charge in [-0.25, -0.2) is 0 Å². The monoisotopic (exact) mass is 490 g/mol. The summed E-state index contributed by atoms with van der Waals surface area (Å²) in [6.07, 6.45) is 1.49. The molecule has 35 heavy (non-hydrogen) atoms. The molecule has 2 atom stereocenters. The van der Waals surface area contributed by atoms with Gasteiger partial charge in [0.15, 0.2) is 0 Å². The zero-order chi connectivity index (χ0) is 25.4. The van der Waals surface area contributed by atoms with Gasteiger partial charge >= 0.3 is 0 Å². The highest BCUT2D eigenvalue weighted by Crippen LogP contribution is 2.19. The Labute approximate surface area is 214 Å². The zero-order valence-electron chi connectivity index (χ0n) is 21.1. The molecule has 3 aromatic rings. The maximum atomic E-state index is 13.8. The van der Waals surface area contributed by atoms with Gasteiger partial charge in [-0.3, -0.25) is 9.59 Å². The number of amides is 2. The van der Waals surface area contributed by atoms with Crippen LogP contribution >= 0.6 is 11.6 Å². The first-order valence-electron chi connectivity index (χ1n) is 12.2. The van der Waals surface area contributed by atoms with E-state index in [-0.39, 0.29) is 24.3 Å². The summed E-state index contributed by atoms with van der Waals surface area (Å²) < 4.78 is 0. The minimum Gasteiger partial charge on any atom is -0.352 e. The van der Waals surface area contributed by atoms with Gasteiger partial charge in [-0.1, -0.05) is 79.2 Å². The molecule has 0 saturated carbocycles. The zero-order valence-corrected chi connectivity index (χ0v) is 21.8. The average Bonchev–Trinajstić information content (AvgIpc) is 2.85. The Balaban J connectivity index is 1.97. The van der Waals surface area contributed by atoms with Crippen molar-refractivity contribution >= 4 is 23.4 Å². The van der Waals surface area contributed by atoms with Gasteiger partial charge in [0.25, 0.3) is 0 Å². The molecule has 0 saturated heterocycles. The second-order valence-electron chi connectivity index (χ2n) is 9.27. The third kappa shape index (κ3) is 7.69. The van der Waals surface area contributed by atoms with Crippen LogP contribution in [0.4, 0.5) is 0 Å². The van der Waals surface area contributed by atoms with Crippen molar-refractivity contribution in [2.24, 2.45) is 0 Å². The number of carbonyl (C=O) groups is 2. The maximum absolute atomic E-state index is 13.8. The van der Waals surface area contributed by atoms with Crippen LogP contribution in [0.5, 0.6) is 0 Å². The van der Waals surface area contributed by atoms with Crippen LogP contribution in [0, 0.1) is 13.8 Å². The number of hydrogen-bond donors (Lipinski definition) is 1. The molecule has 0 bridgehead atoms. The lowest BCUT2D eigenvalue weighted by Gasteiger charge is -2.32. The van der Waals surface area contributed by atoms with Gasteiger partial charge in [-0.2, -0.15) is 0 Å². The summed E-state index contributed by atoms with van der Waals surface area (Å²) in [4.78, 5) is 29.0. The minimum atomic E-state index is -0.638. The van der Waals surface area contributed by atoms with Gasteiger partial charge in [0.2, 0.25) is 11.8 Å². The number of rotatable bonds is 10. The smallest absolute Gasteiger partial charge is 0.243 e.